The summed E-state index contributed by atoms with van der Waals surface area (Å²) in [5, 5.41) is 3.49. The Hall–Kier alpha value is -0.930. The van der Waals surface area contributed by atoms with E-state index in [0.29, 0.717) is 6.04 Å². The molecule has 118 valence electrons. The molecule has 0 spiro atoms. The summed E-state index contributed by atoms with van der Waals surface area (Å²) >= 11 is 0. The molecule has 0 aromatic heterocycles. The zero-order chi connectivity index (χ0) is 15.3. The van der Waals surface area contributed by atoms with Crippen LogP contribution >= 0.6 is 0 Å². The van der Waals surface area contributed by atoms with Gasteiger partial charge in [0.1, 0.15) is 5.82 Å². The molecule has 0 bridgehead atoms. The lowest BCUT2D eigenvalue weighted by Crippen LogP contribution is -2.58. The van der Waals surface area contributed by atoms with Gasteiger partial charge in [-0.15, -0.1) is 0 Å². The van der Waals surface area contributed by atoms with Gasteiger partial charge in [-0.3, -0.25) is 4.90 Å². The van der Waals surface area contributed by atoms with Crippen LogP contribution in [0.15, 0.2) is 24.3 Å². The van der Waals surface area contributed by atoms with E-state index in [2.05, 4.69) is 24.1 Å². The van der Waals surface area contributed by atoms with Gasteiger partial charge in [-0.25, -0.2) is 4.39 Å². The fourth-order valence-electron chi connectivity index (χ4n) is 3.43. The SMILES string of the molecule is CNC(Cc1ccc(F)cc1)C(C)(C)N1CCCCCC1. The highest BCUT2D eigenvalue weighted by molar-refractivity contribution is 5.18. The van der Waals surface area contributed by atoms with Crippen LogP contribution in [-0.2, 0) is 6.42 Å². The van der Waals surface area contributed by atoms with Crippen molar-refractivity contribution in [2.24, 2.45) is 0 Å². The van der Waals surface area contributed by atoms with Gasteiger partial charge >= 0.3 is 0 Å². The topological polar surface area (TPSA) is 15.3 Å². The van der Waals surface area contributed by atoms with Crippen molar-refractivity contribution in [2.75, 3.05) is 20.1 Å². The minimum Gasteiger partial charge on any atom is -0.315 e. The summed E-state index contributed by atoms with van der Waals surface area (Å²) < 4.78 is 13.1. The molecule has 0 saturated carbocycles. The second-order valence-electron chi connectivity index (χ2n) is 6.73. The van der Waals surface area contributed by atoms with Crippen LogP contribution in [0.2, 0.25) is 0 Å². The monoisotopic (exact) mass is 292 g/mol. The lowest BCUT2D eigenvalue weighted by Gasteiger charge is -2.44. The van der Waals surface area contributed by atoms with Crippen LogP contribution in [0.25, 0.3) is 0 Å². The molecule has 2 nitrogen and oxygen atoms in total. The van der Waals surface area contributed by atoms with Crippen molar-refractivity contribution in [2.45, 2.75) is 57.5 Å². The third kappa shape index (κ3) is 4.27. The first-order chi connectivity index (χ1) is 10.0. The van der Waals surface area contributed by atoms with E-state index in [1.54, 1.807) is 12.1 Å². The van der Waals surface area contributed by atoms with Crippen molar-refractivity contribution in [3.05, 3.63) is 35.6 Å². The summed E-state index contributed by atoms with van der Waals surface area (Å²) in [6, 6.07) is 7.28. The van der Waals surface area contributed by atoms with Crippen molar-refractivity contribution < 1.29 is 4.39 Å². The minimum absolute atomic E-state index is 0.105. The first-order valence-electron chi connectivity index (χ1n) is 8.21. The molecule has 1 aromatic rings. The van der Waals surface area contributed by atoms with E-state index >= 15 is 0 Å². The maximum Gasteiger partial charge on any atom is 0.123 e. The van der Waals surface area contributed by atoms with E-state index in [9.17, 15) is 4.39 Å². The van der Waals surface area contributed by atoms with Gasteiger partial charge in [-0.05, 0) is 70.9 Å². The van der Waals surface area contributed by atoms with E-state index < -0.39 is 0 Å². The summed E-state index contributed by atoms with van der Waals surface area (Å²) in [5.74, 6) is -0.161. The van der Waals surface area contributed by atoms with E-state index in [1.165, 1.54) is 44.3 Å². The molecule has 3 heteroatoms. The van der Waals surface area contributed by atoms with Gasteiger partial charge in [-0.1, -0.05) is 25.0 Å². The predicted octanol–water partition coefficient (Wildman–Crippen LogP) is 3.61. The highest BCUT2D eigenvalue weighted by Crippen LogP contribution is 2.25. The van der Waals surface area contributed by atoms with Crippen LogP contribution in [0.3, 0.4) is 0 Å². The van der Waals surface area contributed by atoms with Gasteiger partial charge in [0.15, 0.2) is 0 Å². The third-order valence-electron chi connectivity index (χ3n) is 4.98. The van der Waals surface area contributed by atoms with Crippen LogP contribution < -0.4 is 5.32 Å². The van der Waals surface area contributed by atoms with Crippen molar-refractivity contribution in [1.82, 2.24) is 10.2 Å². The zero-order valence-corrected chi connectivity index (χ0v) is 13.7. The van der Waals surface area contributed by atoms with Gasteiger partial charge in [0, 0.05) is 11.6 Å². The Labute approximate surface area is 128 Å². The summed E-state index contributed by atoms with van der Waals surface area (Å²) in [7, 11) is 2.04. The number of likely N-dealkylation sites (N-methyl/N-ethyl adjacent to an activating group) is 1. The van der Waals surface area contributed by atoms with Gasteiger partial charge in [-0.2, -0.15) is 0 Å². The van der Waals surface area contributed by atoms with E-state index in [1.807, 2.05) is 19.2 Å². The number of nitrogens with one attached hydrogen (secondary N) is 1. The molecule has 0 radical (unpaired) electrons. The average molecular weight is 292 g/mol. The molecule has 1 fully saturated rings. The summed E-state index contributed by atoms with van der Waals surface area (Å²) in [6.45, 7) is 7.05. The Morgan fingerprint density at radius 2 is 1.67 bits per heavy atom. The number of nitrogens with zero attached hydrogens (tertiary/aromatic N) is 1. The van der Waals surface area contributed by atoms with Crippen LogP contribution in [0, 0.1) is 5.82 Å². The fraction of sp³-hybridized carbons (Fsp3) is 0.667. The summed E-state index contributed by atoms with van der Waals surface area (Å²) in [4.78, 5) is 2.63. The van der Waals surface area contributed by atoms with Crippen LogP contribution in [0.1, 0.15) is 45.1 Å². The molecule has 2 rings (SSSR count). The van der Waals surface area contributed by atoms with Gasteiger partial charge in [0.25, 0.3) is 0 Å². The zero-order valence-electron chi connectivity index (χ0n) is 13.7. The van der Waals surface area contributed by atoms with E-state index in [4.69, 9.17) is 0 Å². The lowest BCUT2D eigenvalue weighted by molar-refractivity contribution is 0.0864. The maximum absolute atomic E-state index is 13.1. The predicted molar refractivity (Wildman–Crippen MR) is 87.1 cm³/mol. The Kier molecular flexibility index (Phi) is 5.77. The molecule has 1 aliphatic heterocycles. The van der Waals surface area contributed by atoms with Crippen molar-refractivity contribution >= 4 is 0 Å². The van der Waals surface area contributed by atoms with Gasteiger partial charge in [0.05, 0.1) is 0 Å². The molecule has 0 aliphatic carbocycles. The largest absolute Gasteiger partial charge is 0.315 e. The number of benzene rings is 1. The van der Waals surface area contributed by atoms with E-state index in [0.717, 1.165) is 6.42 Å². The molecule has 1 aliphatic rings. The summed E-state index contributed by atoms with van der Waals surface area (Å²) in [5.41, 5.74) is 1.30. The summed E-state index contributed by atoms with van der Waals surface area (Å²) in [6.07, 6.45) is 6.25. The second-order valence-corrected chi connectivity index (χ2v) is 6.73. The smallest absolute Gasteiger partial charge is 0.123 e. The molecule has 1 atom stereocenters. The fourth-order valence-corrected chi connectivity index (χ4v) is 3.43. The van der Waals surface area contributed by atoms with Crippen LogP contribution in [0.5, 0.6) is 0 Å². The van der Waals surface area contributed by atoms with Gasteiger partial charge in [0.2, 0.25) is 0 Å². The lowest BCUT2D eigenvalue weighted by atomic mass is 9.87. The van der Waals surface area contributed by atoms with Crippen LogP contribution in [0.4, 0.5) is 4.39 Å². The quantitative estimate of drug-likeness (QED) is 0.892. The molecule has 1 unspecified atom stereocenters. The van der Waals surface area contributed by atoms with Crippen molar-refractivity contribution in [3.8, 4) is 0 Å². The Morgan fingerprint density at radius 1 is 1.10 bits per heavy atom. The average Bonchev–Trinajstić information content (AvgIpc) is 2.76. The Balaban J connectivity index is 2.08. The normalized spacial score (nSPS) is 19.2. The number of rotatable bonds is 5. The first-order valence-corrected chi connectivity index (χ1v) is 8.21. The second kappa shape index (κ2) is 7.37. The molecule has 0 amide bonds. The Bertz CT molecular complexity index is 419. The van der Waals surface area contributed by atoms with Crippen molar-refractivity contribution in [3.63, 3.8) is 0 Å². The molecular weight excluding hydrogens is 263 g/mol. The number of halogens is 1. The molecule has 1 heterocycles. The number of likely N-dealkylation sites (tertiary alicyclic amines) is 1. The standard InChI is InChI=1S/C18H29FN2/c1-18(2,21-12-6-4-5-7-13-21)17(20-3)14-15-8-10-16(19)11-9-15/h8-11,17,20H,4-7,12-14H2,1-3H3. The highest BCUT2D eigenvalue weighted by atomic mass is 19.1. The molecule has 1 saturated heterocycles. The molecule has 21 heavy (non-hydrogen) atoms. The third-order valence-corrected chi connectivity index (χ3v) is 4.98. The van der Waals surface area contributed by atoms with Crippen molar-refractivity contribution in [1.29, 1.82) is 0 Å². The van der Waals surface area contributed by atoms with Gasteiger partial charge < -0.3 is 5.32 Å². The van der Waals surface area contributed by atoms with Crippen LogP contribution in [-0.4, -0.2) is 36.6 Å². The first kappa shape index (κ1) is 16.4. The number of hydrogen-bond acceptors (Lipinski definition) is 2. The molecular formula is C18H29FN2. The highest BCUT2D eigenvalue weighted by Gasteiger charge is 2.34. The molecule has 1 aromatic carbocycles. The minimum atomic E-state index is -0.161. The maximum atomic E-state index is 13.1. The number of hydrogen-bond donors (Lipinski definition) is 1. The van der Waals surface area contributed by atoms with E-state index in [-0.39, 0.29) is 11.4 Å². The molecule has 1 N–H and O–H groups in total. The Morgan fingerprint density at radius 3 is 2.19 bits per heavy atom.